The molecule has 0 saturated carbocycles. The third-order valence-corrected chi connectivity index (χ3v) is 2.80. The number of rotatable bonds is 2. The van der Waals surface area contributed by atoms with Gasteiger partial charge >= 0.3 is 0 Å². The molecule has 0 bridgehead atoms. The Labute approximate surface area is 88.5 Å². The van der Waals surface area contributed by atoms with Crippen molar-refractivity contribution in [3.8, 4) is 0 Å². The van der Waals surface area contributed by atoms with E-state index in [0.717, 1.165) is 25.9 Å². The van der Waals surface area contributed by atoms with Gasteiger partial charge in [-0.15, -0.1) is 0 Å². The molecule has 0 unspecified atom stereocenters. The molecular formula is C12H14FNO. The number of halogens is 1. The summed E-state index contributed by atoms with van der Waals surface area (Å²) in [4.78, 5) is 11.9. The average Bonchev–Trinajstić information content (AvgIpc) is 2.30. The molecule has 0 aliphatic carbocycles. The predicted octanol–water partition coefficient (Wildman–Crippen LogP) is 2.01. The van der Waals surface area contributed by atoms with Crippen LogP contribution in [0.3, 0.4) is 0 Å². The maximum absolute atomic E-state index is 12.7. The minimum Gasteiger partial charge on any atom is -0.316 e. The van der Waals surface area contributed by atoms with E-state index < -0.39 is 0 Å². The number of nitrogens with one attached hydrogen (secondary N) is 1. The maximum Gasteiger partial charge on any atom is 0.167 e. The largest absolute Gasteiger partial charge is 0.316 e. The summed E-state index contributed by atoms with van der Waals surface area (Å²) in [5.41, 5.74) is 0.616. The van der Waals surface area contributed by atoms with Gasteiger partial charge in [0.1, 0.15) is 5.82 Å². The first-order chi connectivity index (χ1) is 7.27. The van der Waals surface area contributed by atoms with Crippen LogP contribution in [0.1, 0.15) is 23.2 Å². The topological polar surface area (TPSA) is 29.1 Å². The second kappa shape index (κ2) is 4.53. The lowest BCUT2D eigenvalue weighted by molar-refractivity contribution is 0.0899. The zero-order valence-corrected chi connectivity index (χ0v) is 8.50. The van der Waals surface area contributed by atoms with E-state index in [4.69, 9.17) is 0 Å². The van der Waals surface area contributed by atoms with Gasteiger partial charge in [-0.2, -0.15) is 0 Å². The summed E-state index contributed by atoms with van der Waals surface area (Å²) < 4.78 is 12.7. The van der Waals surface area contributed by atoms with Crippen LogP contribution in [0.2, 0.25) is 0 Å². The highest BCUT2D eigenvalue weighted by atomic mass is 19.1. The van der Waals surface area contributed by atoms with E-state index >= 15 is 0 Å². The Kier molecular flexibility index (Phi) is 3.11. The maximum atomic E-state index is 12.7. The highest BCUT2D eigenvalue weighted by molar-refractivity contribution is 5.98. The number of ketones is 1. The molecule has 1 atom stereocenters. The van der Waals surface area contributed by atoms with E-state index in [9.17, 15) is 9.18 Å². The first-order valence-corrected chi connectivity index (χ1v) is 5.28. The van der Waals surface area contributed by atoms with Crippen molar-refractivity contribution in [2.75, 3.05) is 13.1 Å². The van der Waals surface area contributed by atoms with Gasteiger partial charge in [-0.1, -0.05) is 0 Å². The standard InChI is InChI=1S/C12H14FNO/c13-11-5-3-9(4-6-11)12(15)10-2-1-7-14-8-10/h3-6,10,14H,1-2,7-8H2/t10-/m1/s1. The first-order valence-electron chi connectivity index (χ1n) is 5.28. The van der Waals surface area contributed by atoms with Crippen molar-refractivity contribution in [3.05, 3.63) is 35.6 Å². The van der Waals surface area contributed by atoms with Gasteiger partial charge in [0.15, 0.2) is 5.78 Å². The van der Waals surface area contributed by atoms with E-state index in [1.54, 1.807) is 12.1 Å². The van der Waals surface area contributed by atoms with Gasteiger partial charge in [0.25, 0.3) is 0 Å². The molecule has 0 spiro atoms. The van der Waals surface area contributed by atoms with Crippen molar-refractivity contribution >= 4 is 5.78 Å². The minimum atomic E-state index is -0.298. The lowest BCUT2D eigenvalue weighted by Gasteiger charge is -2.21. The Hall–Kier alpha value is -1.22. The molecule has 0 aromatic heterocycles. The fourth-order valence-electron chi connectivity index (χ4n) is 1.93. The molecule has 1 saturated heterocycles. The summed E-state index contributed by atoms with van der Waals surface area (Å²) in [5, 5.41) is 3.20. The molecule has 1 heterocycles. The SMILES string of the molecule is O=C(c1ccc(F)cc1)[C@@H]1CCCNC1. The molecule has 1 fully saturated rings. The van der Waals surface area contributed by atoms with E-state index in [-0.39, 0.29) is 17.5 Å². The number of hydrogen-bond donors (Lipinski definition) is 1. The molecule has 1 N–H and O–H groups in total. The lowest BCUT2D eigenvalue weighted by Crippen LogP contribution is -2.34. The van der Waals surface area contributed by atoms with Gasteiger partial charge in [-0.25, -0.2) is 4.39 Å². The van der Waals surface area contributed by atoms with Crippen LogP contribution < -0.4 is 5.32 Å². The van der Waals surface area contributed by atoms with Crippen molar-refractivity contribution < 1.29 is 9.18 Å². The quantitative estimate of drug-likeness (QED) is 0.751. The van der Waals surface area contributed by atoms with Crippen molar-refractivity contribution in [2.24, 2.45) is 5.92 Å². The Bertz CT molecular complexity index is 341. The molecular weight excluding hydrogens is 193 g/mol. The van der Waals surface area contributed by atoms with Crippen molar-refractivity contribution in [2.45, 2.75) is 12.8 Å². The van der Waals surface area contributed by atoms with Crippen LogP contribution in [0.4, 0.5) is 4.39 Å². The number of Topliss-reactive ketones (excluding diaryl/α,β-unsaturated/α-hetero) is 1. The van der Waals surface area contributed by atoms with Gasteiger partial charge in [0.05, 0.1) is 0 Å². The normalized spacial score (nSPS) is 21.3. The molecule has 0 radical (unpaired) electrons. The van der Waals surface area contributed by atoms with Crippen LogP contribution in [0.5, 0.6) is 0 Å². The zero-order valence-electron chi connectivity index (χ0n) is 8.50. The summed E-state index contributed by atoms with van der Waals surface area (Å²) in [6.07, 6.45) is 1.97. The number of carbonyl (C=O) groups excluding carboxylic acids is 1. The van der Waals surface area contributed by atoms with Gasteiger partial charge in [0.2, 0.25) is 0 Å². The number of piperidine rings is 1. The van der Waals surface area contributed by atoms with E-state index in [1.165, 1.54) is 12.1 Å². The van der Waals surface area contributed by atoms with Crippen LogP contribution in [0.15, 0.2) is 24.3 Å². The molecule has 2 nitrogen and oxygen atoms in total. The Balaban J connectivity index is 2.09. The van der Waals surface area contributed by atoms with Crippen LogP contribution >= 0.6 is 0 Å². The van der Waals surface area contributed by atoms with E-state index in [0.29, 0.717) is 5.56 Å². The van der Waals surface area contributed by atoms with Gasteiger partial charge in [-0.05, 0) is 43.7 Å². The van der Waals surface area contributed by atoms with Crippen molar-refractivity contribution in [1.29, 1.82) is 0 Å². The zero-order chi connectivity index (χ0) is 10.7. The lowest BCUT2D eigenvalue weighted by atomic mass is 9.91. The molecule has 2 rings (SSSR count). The Morgan fingerprint density at radius 1 is 1.33 bits per heavy atom. The second-order valence-corrected chi connectivity index (χ2v) is 3.91. The third kappa shape index (κ3) is 2.42. The fraction of sp³-hybridized carbons (Fsp3) is 0.417. The predicted molar refractivity (Wildman–Crippen MR) is 56.3 cm³/mol. The van der Waals surface area contributed by atoms with Crippen LogP contribution in [-0.4, -0.2) is 18.9 Å². The average molecular weight is 207 g/mol. The van der Waals surface area contributed by atoms with Gasteiger partial charge in [-0.3, -0.25) is 4.79 Å². The summed E-state index contributed by atoms with van der Waals surface area (Å²) in [6, 6.07) is 5.80. The molecule has 1 aliphatic rings. The molecule has 1 aromatic rings. The van der Waals surface area contributed by atoms with E-state index in [1.807, 2.05) is 0 Å². The summed E-state index contributed by atoms with van der Waals surface area (Å²) >= 11 is 0. The third-order valence-electron chi connectivity index (χ3n) is 2.80. The Morgan fingerprint density at radius 2 is 2.07 bits per heavy atom. The molecule has 3 heteroatoms. The second-order valence-electron chi connectivity index (χ2n) is 3.91. The first kappa shape index (κ1) is 10.3. The molecule has 15 heavy (non-hydrogen) atoms. The highest BCUT2D eigenvalue weighted by Gasteiger charge is 2.21. The molecule has 80 valence electrons. The number of carbonyl (C=O) groups is 1. The van der Waals surface area contributed by atoms with Gasteiger partial charge in [0, 0.05) is 18.0 Å². The summed E-state index contributed by atoms with van der Waals surface area (Å²) in [5.74, 6) is -0.111. The van der Waals surface area contributed by atoms with Crippen LogP contribution in [0.25, 0.3) is 0 Å². The molecule has 1 aromatic carbocycles. The molecule has 1 aliphatic heterocycles. The smallest absolute Gasteiger partial charge is 0.167 e. The highest BCUT2D eigenvalue weighted by Crippen LogP contribution is 2.16. The van der Waals surface area contributed by atoms with Crippen LogP contribution in [-0.2, 0) is 0 Å². The monoisotopic (exact) mass is 207 g/mol. The van der Waals surface area contributed by atoms with Crippen LogP contribution in [0, 0.1) is 11.7 Å². The summed E-state index contributed by atoms with van der Waals surface area (Å²) in [7, 11) is 0. The fourth-order valence-corrected chi connectivity index (χ4v) is 1.93. The molecule has 0 amide bonds. The summed E-state index contributed by atoms with van der Waals surface area (Å²) in [6.45, 7) is 1.74. The number of benzene rings is 1. The number of hydrogen-bond acceptors (Lipinski definition) is 2. The minimum absolute atomic E-state index is 0.0595. The Morgan fingerprint density at radius 3 is 2.67 bits per heavy atom. The van der Waals surface area contributed by atoms with Gasteiger partial charge < -0.3 is 5.32 Å². The van der Waals surface area contributed by atoms with E-state index in [2.05, 4.69) is 5.32 Å². The van der Waals surface area contributed by atoms with Crippen molar-refractivity contribution in [3.63, 3.8) is 0 Å². The van der Waals surface area contributed by atoms with Crippen molar-refractivity contribution in [1.82, 2.24) is 5.32 Å².